The van der Waals surface area contributed by atoms with Crippen LogP contribution in [-0.2, 0) is 14.6 Å². The first-order valence-electron chi connectivity index (χ1n) is 9.32. The van der Waals surface area contributed by atoms with Crippen LogP contribution >= 0.6 is 23.4 Å². The van der Waals surface area contributed by atoms with Crippen LogP contribution in [-0.4, -0.2) is 30.0 Å². The predicted octanol–water partition coefficient (Wildman–Crippen LogP) is 4.40. The lowest BCUT2D eigenvalue weighted by atomic mass is 10.0. The van der Waals surface area contributed by atoms with E-state index in [2.05, 4.69) is 15.3 Å². The van der Waals surface area contributed by atoms with Crippen molar-refractivity contribution >= 4 is 50.6 Å². The van der Waals surface area contributed by atoms with E-state index in [1.54, 1.807) is 48.5 Å². The van der Waals surface area contributed by atoms with Crippen LogP contribution in [0.3, 0.4) is 0 Å². The van der Waals surface area contributed by atoms with Crippen LogP contribution < -0.4 is 11.1 Å². The Kier molecular flexibility index (Phi) is 7.19. The van der Waals surface area contributed by atoms with Crippen LogP contribution in [0.2, 0.25) is 5.02 Å². The molecule has 0 saturated heterocycles. The van der Waals surface area contributed by atoms with Crippen molar-refractivity contribution in [3.8, 4) is 0 Å². The van der Waals surface area contributed by atoms with Crippen molar-refractivity contribution in [1.82, 2.24) is 9.97 Å². The van der Waals surface area contributed by atoms with Gasteiger partial charge in [-0.2, -0.15) is 0 Å². The molecule has 0 aliphatic rings. The zero-order valence-corrected chi connectivity index (χ0v) is 19.3. The monoisotopic (exact) mass is 476 g/mol. The van der Waals surface area contributed by atoms with Crippen LogP contribution in [0, 0.1) is 0 Å². The molecule has 31 heavy (non-hydrogen) atoms. The van der Waals surface area contributed by atoms with Crippen LogP contribution in [0.1, 0.15) is 25.3 Å². The number of sulfone groups is 1. The number of amides is 1. The Bertz CT molecular complexity index is 1200. The highest BCUT2D eigenvalue weighted by Gasteiger charge is 2.23. The number of halogens is 1. The fourth-order valence-electron chi connectivity index (χ4n) is 2.70. The lowest BCUT2D eigenvalue weighted by Gasteiger charge is -2.10. The topological polar surface area (TPSA) is 115 Å². The van der Waals surface area contributed by atoms with Gasteiger partial charge in [-0.25, -0.2) is 18.4 Å². The molecule has 3 aromatic rings. The standard InChI is InChI=1S/C21H21ClN4O3S2/c1-13(2)14-6-8-17(9-7-14)31(28,29)18-11-24-21(26-20(18)23)30-12-19(27)25-16-5-3-4-15(22)10-16/h3-11,13H,12H2,1-2H3,(H,25,27)(H2,23,24,26). The maximum atomic E-state index is 12.9. The minimum Gasteiger partial charge on any atom is -0.382 e. The summed E-state index contributed by atoms with van der Waals surface area (Å²) in [5, 5.41) is 3.42. The van der Waals surface area contributed by atoms with Gasteiger partial charge in [-0.1, -0.05) is 55.4 Å². The van der Waals surface area contributed by atoms with Crippen LogP contribution in [0.5, 0.6) is 0 Å². The van der Waals surface area contributed by atoms with Crippen molar-refractivity contribution in [2.24, 2.45) is 0 Å². The molecule has 7 nitrogen and oxygen atoms in total. The number of carbonyl (C=O) groups excluding carboxylic acids is 1. The fraction of sp³-hybridized carbons (Fsp3) is 0.190. The normalized spacial score (nSPS) is 11.5. The first kappa shape index (κ1) is 23.1. The van der Waals surface area contributed by atoms with Gasteiger partial charge in [0, 0.05) is 10.7 Å². The Balaban J connectivity index is 1.69. The number of nitrogen functional groups attached to an aromatic ring is 1. The quantitative estimate of drug-likeness (QED) is 0.383. The summed E-state index contributed by atoms with van der Waals surface area (Å²) in [5.41, 5.74) is 7.52. The summed E-state index contributed by atoms with van der Waals surface area (Å²) in [6.45, 7) is 4.06. The first-order chi connectivity index (χ1) is 14.7. The maximum absolute atomic E-state index is 12.9. The lowest BCUT2D eigenvalue weighted by molar-refractivity contribution is -0.113. The van der Waals surface area contributed by atoms with Gasteiger partial charge >= 0.3 is 0 Å². The van der Waals surface area contributed by atoms with Crippen molar-refractivity contribution in [3.05, 3.63) is 65.3 Å². The largest absolute Gasteiger partial charge is 0.382 e. The van der Waals surface area contributed by atoms with E-state index in [9.17, 15) is 13.2 Å². The number of benzene rings is 2. The number of hydrogen-bond donors (Lipinski definition) is 2. The third-order valence-corrected chi connectivity index (χ3v) is 7.23. The van der Waals surface area contributed by atoms with Crippen molar-refractivity contribution in [3.63, 3.8) is 0 Å². The minimum atomic E-state index is -3.86. The number of nitrogens with zero attached hydrogens (tertiary/aromatic N) is 2. The highest BCUT2D eigenvalue weighted by Crippen LogP contribution is 2.27. The van der Waals surface area contributed by atoms with Crippen molar-refractivity contribution in [1.29, 1.82) is 0 Å². The number of carbonyl (C=O) groups is 1. The van der Waals surface area contributed by atoms with Gasteiger partial charge in [0.2, 0.25) is 15.7 Å². The van der Waals surface area contributed by atoms with Gasteiger partial charge in [0.1, 0.15) is 10.7 Å². The molecular weight excluding hydrogens is 456 g/mol. The Labute approximate surface area is 190 Å². The molecule has 0 aliphatic heterocycles. The summed E-state index contributed by atoms with van der Waals surface area (Å²) >= 11 is 6.94. The summed E-state index contributed by atoms with van der Waals surface area (Å²) in [6, 6.07) is 13.4. The fourth-order valence-corrected chi connectivity index (χ4v) is 4.77. The smallest absolute Gasteiger partial charge is 0.234 e. The molecule has 0 radical (unpaired) electrons. The maximum Gasteiger partial charge on any atom is 0.234 e. The van der Waals surface area contributed by atoms with E-state index in [0.717, 1.165) is 17.3 Å². The van der Waals surface area contributed by atoms with E-state index < -0.39 is 9.84 Å². The molecule has 0 saturated carbocycles. The third-order valence-electron chi connectivity index (χ3n) is 4.35. The van der Waals surface area contributed by atoms with Crippen LogP contribution in [0.25, 0.3) is 0 Å². The van der Waals surface area contributed by atoms with Crippen LogP contribution in [0.4, 0.5) is 11.5 Å². The second-order valence-corrected chi connectivity index (χ2v) is 10.3. The molecule has 1 amide bonds. The molecule has 0 spiro atoms. The van der Waals surface area contributed by atoms with Crippen molar-refractivity contribution in [2.45, 2.75) is 34.7 Å². The van der Waals surface area contributed by atoms with Gasteiger partial charge in [-0.05, 0) is 41.8 Å². The van der Waals surface area contributed by atoms with Gasteiger partial charge in [0.25, 0.3) is 0 Å². The second-order valence-electron chi connectivity index (χ2n) is 6.98. The molecule has 1 heterocycles. The molecule has 0 bridgehead atoms. The Morgan fingerprint density at radius 3 is 2.52 bits per heavy atom. The van der Waals surface area contributed by atoms with Crippen molar-refractivity contribution < 1.29 is 13.2 Å². The molecular formula is C21H21ClN4O3S2. The van der Waals surface area contributed by atoms with Crippen LogP contribution in [0.15, 0.2) is 69.7 Å². The Hall–Kier alpha value is -2.62. The van der Waals surface area contributed by atoms with Gasteiger partial charge in [-0.15, -0.1) is 0 Å². The molecule has 0 fully saturated rings. The van der Waals surface area contributed by atoms with E-state index in [4.69, 9.17) is 17.3 Å². The minimum absolute atomic E-state index is 0.0225. The molecule has 0 unspecified atom stereocenters. The zero-order chi connectivity index (χ0) is 22.6. The Morgan fingerprint density at radius 1 is 1.19 bits per heavy atom. The van der Waals surface area contributed by atoms with E-state index in [0.29, 0.717) is 10.7 Å². The molecule has 162 valence electrons. The zero-order valence-electron chi connectivity index (χ0n) is 16.9. The number of rotatable bonds is 7. The molecule has 0 aliphatic carbocycles. The van der Waals surface area contributed by atoms with E-state index >= 15 is 0 Å². The summed E-state index contributed by atoms with van der Waals surface area (Å²) in [6.07, 6.45) is 1.17. The molecule has 10 heteroatoms. The van der Waals surface area contributed by atoms with Gasteiger partial charge in [0.05, 0.1) is 16.8 Å². The highest BCUT2D eigenvalue weighted by atomic mass is 35.5. The number of hydrogen-bond acceptors (Lipinski definition) is 7. The van der Waals surface area contributed by atoms with E-state index in [1.807, 2.05) is 13.8 Å². The van der Waals surface area contributed by atoms with Crippen molar-refractivity contribution in [2.75, 3.05) is 16.8 Å². The third kappa shape index (κ3) is 5.75. The van der Waals surface area contributed by atoms with E-state index in [1.165, 1.54) is 6.20 Å². The number of thioether (sulfide) groups is 1. The molecule has 3 N–H and O–H groups in total. The second kappa shape index (κ2) is 9.67. The summed E-state index contributed by atoms with van der Waals surface area (Å²) in [5.74, 6) is -0.135. The molecule has 0 atom stereocenters. The number of aromatic nitrogens is 2. The predicted molar refractivity (Wildman–Crippen MR) is 123 cm³/mol. The molecule has 2 aromatic carbocycles. The average molecular weight is 477 g/mol. The highest BCUT2D eigenvalue weighted by molar-refractivity contribution is 7.99. The Morgan fingerprint density at radius 2 is 1.90 bits per heavy atom. The van der Waals surface area contributed by atoms with E-state index in [-0.39, 0.29) is 38.3 Å². The average Bonchev–Trinajstić information content (AvgIpc) is 2.72. The summed E-state index contributed by atoms with van der Waals surface area (Å²) in [7, 11) is -3.86. The van der Waals surface area contributed by atoms with Gasteiger partial charge < -0.3 is 11.1 Å². The van der Waals surface area contributed by atoms with Gasteiger partial charge in [-0.3, -0.25) is 4.79 Å². The summed E-state index contributed by atoms with van der Waals surface area (Å²) < 4.78 is 25.8. The first-order valence-corrected chi connectivity index (χ1v) is 12.2. The molecule has 3 rings (SSSR count). The molecule has 1 aromatic heterocycles. The SMILES string of the molecule is CC(C)c1ccc(S(=O)(=O)c2cnc(SCC(=O)Nc3cccc(Cl)c3)nc2N)cc1. The lowest BCUT2D eigenvalue weighted by Crippen LogP contribution is -2.14. The number of nitrogens with one attached hydrogen (secondary N) is 1. The van der Waals surface area contributed by atoms with Gasteiger partial charge in [0.15, 0.2) is 5.16 Å². The number of anilines is 2. The summed E-state index contributed by atoms with van der Waals surface area (Å²) in [4.78, 5) is 20.2. The number of nitrogens with two attached hydrogens (primary N) is 1.